The second kappa shape index (κ2) is 9.24. The summed E-state index contributed by atoms with van der Waals surface area (Å²) in [6, 6.07) is 9.45. The van der Waals surface area contributed by atoms with E-state index in [1.54, 1.807) is 17.6 Å². The van der Waals surface area contributed by atoms with E-state index in [4.69, 9.17) is 21.2 Å². The van der Waals surface area contributed by atoms with Crippen molar-refractivity contribution in [1.29, 1.82) is 0 Å². The van der Waals surface area contributed by atoms with E-state index in [0.717, 1.165) is 22.0 Å². The van der Waals surface area contributed by atoms with Gasteiger partial charge in [0.05, 0.1) is 29.0 Å². The Bertz CT molecular complexity index is 1390. The second-order valence-corrected chi connectivity index (χ2v) is 9.31. The maximum atomic E-state index is 13.2. The third-order valence-electron chi connectivity index (χ3n) is 6.53. The van der Waals surface area contributed by atoms with E-state index in [9.17, 15) is 19.5 Å². The van der Waals surface area contributed by atoms with Gasteiger partial charge in [0.25, 0.3) is 5.56 Å². The number of aromatic nitrogens is 2. The monoisotopic (exact) mass is 478 g/mol. The number of ether oxygens (including phenoxy) is 1. The van der Waals surface area contributed by atoms with Gasteiger partial charge in [-0.3, -0.25) is 9.59 Å². The number of nitrogens with two attached hydrogens (primary N) is 2. The first-order valence-electron chi connectivity index (χ1n) is 11.7. The molecule has 0 fully saturated rings. The van der Waals surface area contributed by atoms with Crippen LogP contribution in [0.4, 0.5) is 0 Å². The van der Waals surface area contributed by atoms with Gasteiger partial charge in [-0.15, -0.1) is 0 Å². The average molecular weight is 479 g/mol. The Balaban J connectivity index is 0.000000364. The van der Waals surface area contributed by atoms with Gasteiger partial charge in [0.1, 0.15) is 6.61 Å². The minimum absolute atomic E-state index is 0.119. The summed E-state index contributed by atoms with van der Waals surface area (Å²) in [7, 11) is 0. The van der Waals surface area contributed by atoms with Crippen molar-refractivity contribution in [2.75, 3.05) is 0 Å². The van der Waals surface area contributed by atoms with Gasteiger partial charge in [-0.1, -0.05) is 39.0 Å². The maximum absolute atomic E-state index is 13.2. The molecule has 0 radical (unpaired) electrons. The zero-order chi connectivity index (χ0) is 25.5. The highest BCUT2D eigenvalue weighted by Crippen LogP contribution is 2.39. The van der Waals surface area contributed by atoms with Crippen LogP contribution < -0.4 is 17.0 Å². The molecule has 5 rings (SSSR count). The third kappa shape index (κ3) is 4.11. The molecule has 4 heterocycles. The largest absolute Gasteiger partial charge is 0.458 e. The van der Waals surface area contributed by atoms with Crippen LogP contribution in [0.5, 0.6) is 0 Å². The Kier molecular flexibility index (Phi) is 6.48. The lowest BCUT2D eigenvalue weighted by Gasteiger charge is -2.31. The molecule has 2 aliphatic heterocycles. The molecule has 9 heteroatoms. The molecule has 3 aromatic rings. The van der Waals surface area contributed by atoms with Crippen LogP contribution in [0.25, 0.3) is 22.3 Å². The number of fused-ring (bicyclic) bond motifs is 5. The smallest absolute Gasteiger partial charge is 0.343 e. The van der Waals surface area contributed by atoms with Crippen LogP contribution in [-0.4, -0.2) is 26.5 Å². The first-order valence-corrected chi connectivity index (χ1v) is 11.7. The minimum atomic E-state index is -1.82. The van der Waals surface area contributed by atoms with Crippen molar-refractivity contribution in [2.45, 2.75) is 58.9 Å². The molecule has 0 unspecified atom stereocenters. The Morgan fingerprint density at radius 1 is 1.26 bits per heavy atom. The molecule has 2 aromatic heterocycles. The Labute approximate surface area is 202 Å². The van der Waals surface area contributed by atoms with Gasteiger partial charge in [0.15, 0.2) is 5.60 Å². The fraction of sp³-hybridized carbons (Fsp3) is 0.385. The van der Waals surface area contributed by atoms with E-state index in [2.05, 4.69) is 0 Å². The van der Waals surface area contributed by atoms with Crippen molar-refractivity contribution in [2.24, 2.45) is 17.4 Å². The first-order chi connectivity index (χ1) is 16.6. The summed E-state index contributed by atoms with van der Waals surface area (Å²) in [6.45, 7) is 6.17. The summed E-state index contributed by atoms with van der Waals surface area (Å²) in [4.78, 5) is 40.2. The zero-order valence-electron chi connectivity index (χ0n) is 20.1. The van der Waals surface area contributed by atoms with Crippen LogP contribution in [0.1, 0.15) is 55.9 Å². The van der Waals surface area contributed by atoms with Crippen LogP contribution in [0, 0.1) is 5.92 Å². The van der Waals surface area contributed by atoms with E-state index in [1.807, 2.05) is 38.1 Å². The molecule has 184 valence electrons. The predicted octanol–water partition coefficient (Wildman–Crippen LogP) is 2.06. The molecule has 0 bridgehead atoms. The number of aliphatic hydroxyl groups is 1. The van der Waals surface area contributed by atoms with Crippen molar-refractivity contribution in [1.82, 2.24) is 9.55 Å². The number of pyridine rings is 2. The van der Waals surface area contributed by atoms with Gasteiger partial charge in [0, 0.05) is 29.5 Å². The molecule has 5 N–H and O–H groups in total. The number of rotatable bonds is 4. The highest BCUT2D eigenvalue weighted by atomic mass is 16.6. The Hall–Kier alpha value is -3.56. The van der Waals surface area contributed by atoms with Gasteiger partial charge in [0.2, 0.25) is 5.91 Å². The topological polar surface area (TPSA) is 151 Å². The summed E-state index contributed by atoms with van der Waals surface area (Å²) in [5, 5.41) is 11.9. The van der Waals surface area contributed by atoms with Gasteiger partial charge >= 0.3 is 5.97 Å². The number of amides is 1. The number of hydrogen-bond donors (Lipinski definition) is 3. The lowest BCUT2D eigenvalue weighted by Crippen LogP contribution is -2.44. The molecule has 9 nitrogen and oxygen atoms in total. The van der Waals surface area contributed by atoms with Crippen LogP contribution in [0.2, 0.25) is 0 Å². The van der Waals surface area contributed by atoms with E-state index >= 15 is 0 Å². The molecule has 2 aliphatic rings. The van der Waals surface area contributed by atoms with E-state index in [0.29, 0.717) is 47.9 Å². The molecule has 0 saturated carbocycles. The number of para-hydroxylation sites is 1. The summed E-state index contributed by atoms with van der Waals surface area (Å²) < 4.78 is 6.73. The van der Waals surface area contributed by atoms with Crippen LogP contribution in [0.3, 0.4) is 0 Å². The standard InChI is InChI=1S/C21H19N3O4.C5H11NO/c1-2-21(27)15-7-17-18-13(9-24(17)19(25)14(15)10-28-20(21)26)12(8-22)11-5-3-4-6-16(11)23-18;1-4(2)3-5(6)7/h3-7,27H,2,8-10,22H2,1H3;4H,3H2,1-2H3,(H2,6,7)/t21-;/m0./s1. The average Bonchev–Trinajstić information content (AvgIpc) is 3.18. The Morgan fingerprint density at radius 2 is 1.97 bits per heavy atom. The van der Waals surface area contributed by atoms with Crippen LogP contribution in [0.15, 0.2) is 35.1 Å². The molecule has 0 spiro atoms. The molecular weight excluding hydrogens is 448 g/mol. The predicted molar refractivity (Wildman–Crippen MR) is 131 cm³/mol. The Morgan fingerprint density at radius 3 is 2.57 bits per heavy atom. The molecule has 0 saturated heterocycles. The summed E-state index contributed by atoms with van der Waals surface area (Å²) >= 11 is 0. The molecule has 35 heavy (non-hydrogen) atoms. The molecular formula is C26H30N4O5. The minimum Gasteiger partial charge on any atom is -0.458 e. The van der Waals surface area contributed by atoms with Crippen molar-refractivity contribution in [3.8, 4) is 11.4 Å². The number of carbonyl (C=O) groups excluding carboxylic acids is 2. The first kappa shape index (κ1) is 24.6. The van der Waals surface area contributed by atoms with Crippen molar-refractivity contribution < 1.29 is 19.4 Å². The number of carbonyl (C=O) groups is 2. The second-order valence-electron chi connectivity index (χ2n) is 9.31. The van der Waals surface area contributed by atoms with Gasteiger partial charge < -0.3 is 25.9 Å². The van der Waals surface area contributed by atoms with Crippen molar-refractivity contribution in [3.05, 3.63) is 62.9 Å². The lowest BCUT2D eigenvalue weighted by molar-refractivity contribution is -0.172. The van der Waals surface area contributed by atoms with Crippen LogP contribution in [-0.2, 0) is 39.6 Å². The summed E-state index contributed by atoms with van der Waals surface area (Å²) in [6.07, 6.45) is 0.619. The normalized spacial score (nSPS) is 17.8. The fourth-order valence-corrected chi connectivity index (χ4v) is 4.75. The SMILES string of the molecule is CC(C)CC(N)=O.CC[C@@]1(O)C(=O)OCc2c1cc1n(c2=O)Cc2c-1nc1ccccc1c2CN. The van der Waals surface area contributed by atoms with Gasteiger partial charge in [-0.2, -0.15) is 0 Å². The molecule has 1 aromatic carbocycles. The number of primary amides is 1. The highest BCUT2D eigenvalue weighted by Gasteiger charge is 2.45. The van der Waals surface area contributed by atoms with E-state index in [1.165, 1.54) is 0 Å². The number of hydrogen-bond acceptors (Lipinski definition) is 7. The van der Waals surface area contributed by atoms with E-state index < -0.39 is 11.6 Å². The highest BCUT2D eigenvalue weighted by molar-refractivity contribution is 5.89. The zero-order valence-corrected chi connectivity index (χ0v) is 20.1. The van der Waals surface area contributed by atoms with E-state index in [-0.39, 0.29) is 24.5 Å². The third-order valence-corrected chi connectivity index (χ3v) is 6.53. The molecule has 1 amide bonds. The van der Waals surface area contributed by atoms with Crippen molar-refractivity contribution in [3.63, 3.8) is 0 Å². The summed E-state index contributed by atoms with van der Waals surface area (Å²) in [5.41, 5.74) is 13.4. The van der Waals surface area contributed by atoms with Crippen molar-refractivity contribution >= 4 is 22.8 Å². The number of esters is 1. The quantitative estimate of drug-likeness (QED) is 0.380. The van der Waals surface area contributed by atoms with Gasteiger partial charge in [-0.05, 0) is 30.0 Å². The molecule has 0 aliphatic carbocycles. The van der Waals surface area contributed by atoms with Gasteiger partial charge in [-0.25, -0.2) is 9.78 Å². The fourth-order valence-electron chi connectivity index (χ4n) is 4.75. The number of cyclic esters (lactones) is 1. The van der Waals surface area contributed by atoms with Crippen LogP contribution >= 0.6 is 0 Å². The summed E-state index contributed by atoms with van der Waals surface area (Å²) in [5.74, 6) is -0.535. The number of benzene rings is 1. The molecule has 1 atom stereocenters. The number of nitrogens with zero attached hydrogens (tertiary/aromatic N) is 2. The maximum Gasteiger partial charge on any atom is 0.343 e. The lowest BCUT2D eigenvalue weighted by atomic mass is 9.86.